The van der Waals surface area contributed by atoms with Crippen LogP contribution in [0.3, 0.4) is 0 Å². The first kappa shape index (κ1) is 17.9. The molecule has 3 heterocycles. The summed E-state index contributed by atoms with van der Waals surface area (Å²) in [5, 5.41) is 0.669. The van der Waals surface area contributed by atoms with Crippen molar-refractivity contribution in [3.8, 4) is 5.88 Å². The number of thiazole rings is 1. The average molecular weight is 383 g/mol. The summed E-state index contributed by atoms with van der Waals surface area (Å²) < 4.78 is 12.4. The fourth-order valence-electron chi connectivity index (χ4n) is 3.17. The number of nitrogens with zero attached hydrogens (tertiary/aromatic N) is 3. The third kappa shape index (κ3) is 3.79. The van der Waals surface area contributed by atoms with Gasteiger partial charge in [-0.3, -0.25) is 9.69 Å². The van der Waals surface area contributed by atoms with Crippen molar-refractivity contribution in [2.45, 2.75) is 25.9 Å². The molecule has 0 unspecified atom stereocenters. The van der Waals surface area contributed by atoms with Gasteiger partial charge in [-0.05, 0) is 44.0 Å². The van der Waals surface area contributed by atoms with E-state index >= 15 is 0 Å². The number of aromatic nitrogens is 2. The van der Waals surface area contributed by atoms with Gasteiger partial charge in [0.2, 0.25) is 5.88 Å². The van der Waals surface area contributed by atoms with Crippen LogP contribution in [0.15, 0.2) is 42.6 Å². The molecule has 6 nitrogen and oxygen atoms in total. The number of hydrogen-bond acceptors (Lipinski definition) is 6. The van der Waals surface area contributed by atoms with Crippen LogP contribution < -0.4 is 9.64 Å². The van der Waals surface area contributed by atoms with Gasteiger partial charge in [0.15, 0.2) is 5.13 Å². The lowest BCUT2D eigenvalue weighted by molar-refractivity contribution is 0.0913. The Labute approximate surface area is 161 Å². The predicted molar refractivity (Wildman–Crippen MR) is 106 cm³/mol. The maximum Gasteiger partial charge on any atom is 0.265 e. The third-order valence-electron chi connectivity index (χ3n) is 4.45. The lowest BCUT2D eigenvalue weighted by Crippen LogP contribution is -2.37. The molecule has 1 atom stereocenters. The van der Waals surface area contributed by atoms with Crippen molar-refractivity contribution in [2.24, 2.45) is 0 Å². The third-order valence-corrected chi connectivity index (χ3v) is 5.51. The Kier molecular flexibility index (Phi) is 5.31. The second kappa shape index (κ2) is 8.02. The molecule has 7 heteroatoms. The molecule has 3 aromatic rings. The highest BCUT2D eigenvalue weighted by molar-refractivity contribution is 7.22. The lowest BCUT2D eigenvalue weighted by atomic mass is 10.2. The highest BCUT2D eigenvalue weighted by Crippen LogP contribution is 2.31. The molecule has 1 aromatic carbocycles. The minimum Gasteiger partial charge on any atom is -0.477 e. The standard InChI is InChI=1S/C20H21N3O3S/c1-2-25-18-15(8-5-11-21-18)19(24)23(13-14-7-6-12-26-14)20-22-16-9-3-4-10-17(16)27-20/h3-5,8-11,14H,2,6-7,12-13H2,1H3/t14-/m1/s1. The Morgan fingerprint density at radius 3 is 3.00 bits per heavy atom. The topological polar surface area (TPSA) is 64.5 Å². The van der Waals surface area contributed by atoms with E-state index in [1.54, 1.807) is 23.2 Å². The second-order valence-corrected chi connectivity index (χ2v) is 7.31. The summed E-state index contributed by atoms with van der Waals surface area (Å²) in [6.07, 6.45) is 3.61. The quantitative estimate of drug-likeness (QED) is 0.646. The van der Waals surface area contributed by atoms with Crippen LogP contribution in [0.25, 0.3) is 10.2 Å². The summed E-state index contributed by atoms with van der Waals surface area (Å²) in [5.41, 5.74) is 1.33. The van der Waals surface area contributed by atoms with Crippen molar-refractivity contribution in [1.29, 1.82) is 0 Å². The highest BCUT2D eigenvalue weighted by Gasteiger charge is 2.29. The van der Waals surface area contributed by atoms with Crippen molar-refractivity contribution in [3.63, 3.8) is 0 Å². The van der Waals surface area contributed by atoms with E-state index in [0.29, 0.717) is 29.7 Å². The second-order valence-electron chi connectivity index (χ2n) is 6.30. The average Bonchev–Trinajstić information content (AvgIpc) is 3.35. The summed E-state index contributed by atoms with van der Waals surface area (Å²) in [6.45, 7) is 3.54. The van der Waals surface area contributed by atoms with E-state index in [0.717, 1.165) is 29.7 Å². The molecule has 0 spiro atoms. The van der Waals surface area contributed by atoms with Gasteiger partial charge >= 0.3 is 0 Å². The van der Waals surface area contributed by atoms with E-state index in [-0.39, 0.29) is 12.0 Å². The van der Waals surface area contributed by atoms with Crippen LogP contribution >= 0.6 is 11.3 Å². The van der Waals surface area contributed by atoms with E-state index in [1.807, 2.05) is 31.2 Å². The molecule has 0 radical (unpaired) electrons. The van der Waals surface area contributed by atoms with E-state index in [1.165, 1.54) is 11.3 Å². The smallest absolute Gasteiger partial charge is 0.265 e. The van der Waals surface area contributed by atoms with E-state index in [4.69, 9.17) is 9.47 Å². The number of hydrogen-bond donors (Lipinski definition) is 0. The monoisotopic (exact) mass is 383 g/mol. The summed E-state index contributed by atoms with van der Waals surface area (Å²) in [6, 6.07) is 11.4. The Hall–Kier alpha value is -2.51. The van der Waals surface area contributed by atoms with E-state index in [9.17, 15) is 4.79 Å². The van der Waals surface area contributed by atoms with Crippen molar-refractivity contribution >= 4 is 32.6 Å². The number of ether oxygens (including phenoxy) is 2. The fraction of sp³-hybridized carbons (Fsp3) is 0.350. The van der Waals surface area contributed by atoms with Crippen LogP contribution in [0, 0.1) is 0 Å². The zero-order valence-electron chi connectivity index (χ0n) is 15.1. The van der Waals surface area contributed by atoms with Crippen LogP contribution in [0.2, 0.25) is 0 Å². The van der Waals surface area contributed by atoms with Gasteiger partial charge in [0.25, 0.3) is 5.91 Å². The lowest BCUT2D eigenvalue weighted by Gasteiger charge is -2.23. The molecule has 1 aliphatic heterocycles. The summed E-state index contributed by atoms with van der Waals surface area (Å²) in [5.74, 6) is 0.185. The zero-order valence-corrected chi connectivity index (χ0v) is 15.9. The van der Waals surface area contributed by atoms with Crippen LogP contribution in [0.4, 0.5) is 5.13 Å². The van der Waals surface area contributed by atoms with Crippen molar-refractivity contribution < 1.29 is 14.3 Å². The van der Waals surface area contributed by atoms with Crippen LogP contribution in [0.1, 0.15) is 30.1 Å². The number of pyridine rings is 1. The summed E-state index contributed by atoms with van der Waals surface area (Å²) >= 11 is 1.51. The number of carbonyl (C=O) groups is 1. The highest BCUT2D eigenvalue weighted by atomic mass is 32.1. The first-order chi connectivity index (χ1) is 13.3. The number of anilines is 1. The Morgan fingerprint density at radius 2 is 2.22 bits per heavy atom. The first-order valence-corrected chi connectivity index (χ1v) is 9.94. The molecule has 140 valence electrons. The largest absolute Gasteiger partial charge is 0.477 e. The van der Waals surface area contributed by atoms with Gasteiger partial charge in [0.1, 0.15) is 5.56 Å². The molecular formula is C20H21N3O3S. The maximum absolute atomic E-state index is 13.4. The number of amides is 1. The predicted octanol–water partition coefficient (Wildman–Crippen LogP) is 3.92. The molecule has 1 saturated heterocycles. The molecule has 1 fully saturated rings. The van der Waals surface area contributed by atoms with Gasteiger partial charge in [0, 0.05) is 12.8 Å². The zero-order chi connectivity index (χ0) is 18.6. The summed E-state index contributed by atoms with van der Waals surface area (Å²) in [4.78, 5) is 24.0. The number of carbonyl (C=O) groups excluding carboxylic acids is 1. The molecule has 0 bridgehead atoms. The van der Waals surface area contributed by atoms with E-state index < -0.39 is 0 Å². The van der Waals surface area contributed by atoms with Gasteiger partial charge in [-0.25, -0.2) is 9.97 Å². The molecule has 27 heavy (non-hydrogen) atoms. The van der Waals surface area contributed by atoms with Crippen molar-refractivity contribution in [3.05, 3.63) is 48.2 Å². The Bertz CT molecular complexity index is 904. The Balaban J connectivity index is 1.72. The van der Waals surface area contributed by atoms with Gasteiger partial charge in [-0.2, -0.15) is 0 Å². The van der Waals surface area contributed by atoms with E-state index in [2.05, 4.69) is 9.97 Å². The van der Waals surface area contributed by atoms with Gasteiger partial charge in [-0.1, -0.05) is 23.5 Å². The Morgan fingerprint density at radius 1 is 1.33 bits per heavy atom. The number of rotatable bonds is 6. The van der Waals surface area contributed by atoms with Crippen LogP contribution in [-0.2, 0) is 4.74 Å². The van der Waals surface area contributed by atoms with Crippen LogP contribution in [0.5, 0.6) is 5.88 Å². The maximum atomic E-state index is 13.4. The first-order valence-electron chi connectivity index (χ1n) is 9.13. The molecule has 1 amide bonds. The summed E-state index contributed by atoms with van der Waals surface area (Å²) in [7, 11) is 0. The molecule has 0 aliphatic carbocycles. The molecule has 1 aliphatic rings. The molecular weight excluding hydrogens is 362 g/mol. The SMILES string of the molecule is CCOc1ncccc1C(=O)N(C[C@H]1CCCO1)c1nc2ccccc2s1. The number of fused-ring (bicyclic) bond motifs is 1. The van der Waals surface area contributed by atoms with Gasteiger partial charge in [-0.15, -0.1) is 0 Å². The number of benzene rings is 1. The fourth-order valence-corrected chi connectivity index (χ4v) is 4.14. The van der Waals surface area contributed by atoms with Gasteiger partial charge < -0.3 is 9.47 Å². The van der Waals surface area contributed by atoms with Crippen molar-refractivity contribution in [1.82, 2.24) is 9.97 Å². The number of para-hydroxylation sites is 1. The minimum absolute atomic E-state index is 0.0215. The van der Waals surface area contributed by atoms with Crippen LogP contribution in [-0.4, -0.2) is 41.7 Å². The normalized spacial score (nSPS) is 16.6. The molecule has 0 saturated carbocycles. The molecule has 2 aromatic heterocycles. The molecule has 0 N–H and O–H groups in total. The van der Waals surface area contributed by atoms with Gasteiger partial charge in [0.05, 0.1) is 29.5 Å². The minimum atomic E-state index is -0.166. The van der Waals surface area contributed by atoms with Crippen molar-refractivity contribution in [2.75, 3.05) is 24.7 Å². The molecule has 4 rings (SSSR count).